The Kier molecular flexibility index (Phi) is 4.80. The van der Waals surface area contributed by atoms with Crippen molar-refractivity contribution in [3.63, 3.8) is 0 Å². The van der Waals surface area contributed by atoms with Crippen molar-refractivity contribution in [2.24, 2.45) is 0 Å². The molecule has 1 unspecified atom stereocenters. The van der Waals surface area contributed by atoms with Gasteiger partial charge >= 0.3 is 5.97 Å². The summed E-state index contributed by atoms with van der Waals surface area (Å²) in [6, 6.07) is 7.48. The summed E-state index contributed by atoms with van der Waals surface area (Å²) in [6.07, 6.45) is 0. The predicted octanol–water partition coefficient (Wildman–Crippen LogP) is 3.43. The molecule has 1 rings (SSSR count). The van der Waals surface area contributed by atoms with Crippen molar-refractivity contribution in [2.75, 3.05) is 5.32 Å². The van der Waals surface area contributed by atoms with Crippen molar-refractivity contribution in [1.29, 1.82) is 0 Å². The number of para-hydroxylation sites is 1. The Morgan fingerprint density at radius 3 is 2.47 bits per heavy atom. The quantitative estimate of drug-likeness (QED) is 0.673. The summed E-state index contributed by atoms with van der Waals surface area (Å²) in [4.78, 5) is 11.8. The molecule has 17 heavy (non-hydrogen) atoms. The molecule has 1 aromatic carbocycles. The maximum absolute atomic E-state index is 11.8. The lowest BCUT2D eigenvalue weighted by molar-refractivity contribution is -0.155. The SMILES string of the molecule is CC(Nc1ccccc1I)C(=O)OC(C)(C)C. The number of hydrogen-bond donors (Lipinski definition) is 1. The number of rotatable bonds is 3. The van der Waals surface area contributed by atoms with E-state index in [2.05, 4.69) is 27.9 Å². The van der Waals surface area contributed by atoms with Gasteiger partial charge in [-0.2, -0.15) is 0 Å². The topological polar surface area (TPSA) is 38.3 Å². The lowest BCUT2D eigenvalue weighted by Crippen LogP contribution is -2.34. The van der Waals surface area contributed by atoms with Gasteiger partial charge in [0, 0.05) is 9.26 Å². The van der Waals surface area contributed by atoms with Gasteiger partial charge in [0.2, 0.25) is 0 Å². The third-order valence-electron chi connectivity index (χ3n) is 2.01. The monoisotopic (exact) mass is 347 g/mol. The fourth-order valence-electron chi connectivity index (χ4n) is 1.26. The highest BCUT2D eigenvalue weighted by atomic mass is 127. The molecule has 0 radical (unpaired) electrons. The lowest BCUT2D eigenvalue weighted by Gasteiger charge is -2.23. The second-order valence-electron chi connectivity index (χ2n) is 4.88. The average Bonchev–Trinajstić information content (AvgIpc) is 2.18. The van der Waals surface area contributed by atoms with Gasteiger partial charge in [0.25, 0.3) is 0 Å². The highest BCUT2D eigenvalue weighted by molar-refractivity contribution is 14.1. The van der Waals surface area contributed by atoms with Crippen LogP contribution in [0.25, 0.3) is 0 Å². The molecule has 0 spiro atoms. The second-order valence-corrected chi connectivity index (χ2v) is 6.04. The third-order valence-corrected chi connectivity index (χ3v) is 2.95. The van der Waals surface area contributed by atoms with Crippen LogP contribution in [0.5, 0.6) is 0 Å². The van der Waals surface area contributed by atoms with E-state index in [0.29, 0.717) is 0 Å². The van der Waals surface area contributed by atoms with Gasteiger partial charge in [-0.1, -0.05) is 12.1 Å². The minimum absolute atomic E-state index is 0.239. The zero-order chi connectivity index (χ0) is 13.1. The summed E-state index contributed by atoms with van der Waals surface area (Å²) in [5, 5.41) is 3.15. The second kappa shape index (κ2) is 5.71. The molecule has 0 aromatic heterocycles. The van der Waals surface area contributed by atoms with Crippen LogP contribution in [-0.4, -0.2) is 17.6 Å². The number of carbonyl (C=O) groups is 1. The Balaban J connectivity index is 2.64. The number of hydrogen-bond acceptors (Lipinski definition) is 3. The van der Waals surface area contributed by atoms with Gasteiger partial charge in [-0.05, 0) is 62.4 Å². The molecule has 3 nitrogen and oxygen atoms in total. The molecular formula is C13H18INO2. The number of halogens is 1. The van der Waals surface area contributed by atoms with Crippen LogP contribution in [0, 0.1) is 3.57 Å². The number of carbonyl (C=O) groups excluding carboxylic acids is 1. The third kappa shape index (κ3) is 4.93. The van der Waals surface area contributed by atoms with Gasteiger partial charge in [-0.25, -0.2) is 4.79 Å². The Morgan fingerprint density at radius 1 is 1.35 bits per heavy atom. The number of benzene rings is 1. The molecule has 0 saturated heterocycles. The van der Waals surface area contributed by atoms with Crippen LogP contribution < -0.4 is 5.32 Å². The van der Waals surface area contributed by atoms with Crippen molar-refractivity contribution < 1.29 is 9.53 Å². The highest BCUT2D eigenvalue weighted by Gasteiger charge is 2.21. The minimum Gasteiger partial charge on any atom is -0.458 e. The van der Waals surface area contributed by atoms with E-state index in [9.17, 15) is 4.79 Å². The van der Waals surface area contributed by atoms with E-state index in [0.717, 1.165) is 9.26 Å². The van der Waals surface area contributed by atoms with E-state index >= 15 is 0 Å². The first-order valence-electron chi connectivity index (χ1n) is 5.53. The van der Waals surface area contributed by atoms with E-state index in [1.807, 2.05) is 45.0 Å². The summed E-state index contributed by atoms with van der Waals surface area (Å²) in [5.74, 6) is -0.239. The smallest absolute Gasteiger partial charge is 0.328 e. The Bertz CT molecular complexity index is 399. The van der Waals surface area contributed by atoms with Crippen LogP contribution >= 0.6 is 22.6 Å². The lowest BCUT2D eigenvalue weighted by atomic mass is 10.2. The van der Waals surface area contributed by atoms with Crippen molar-refractivity contribution in [3.8, 4) is 0 Å². The molecule has 0 aliphatic heterocycles. The molecule has 0 saturated carbocycles. The van der Waals surface area contributed by atoms with Crippen molar-refractivity contribution >= 4 is 34.2 Å². The van der Waals surface area contributed by atoms with Crippen LogP contribution in [0.2, 0.25) is 0 Å². The normalized spacial score (nSPS) is 13.0. The van der Waals surface area contributed by atoms with Gasteiger partial charge in [0.1, 0.15) is 11.6 Å². The number of anilines is 1. The molecule has 0 amide bonds. The largest absolute Gasteiger partial charge is 0.458 e. The number of nitrogens with one attached hydrogen (secondary N) is 1. The highest BCUT2D eigenvalue weighted by Crippen LogP contribution is 2.18. The van der Waals surface area contributed by atoms with Crippen molar-refractivity contribution in [3.05, 3.63) is 27.8 Å². The summed E-state index contributed by atoms with van der Waals surface area (Å²) < 4.78 is 6.39. The summed E-state index contributed by atoms with van der Waals surface area (Å²) >= 11 is 2.23. The first-order valence-corrected chi connectivity index (χ1v) is 6.61. The maximum atomic E-state index is 11.8. The molecule has 0 bridgehead atoms. The van der Waals surface area contributed by atoms with Gasteiger partial charge in [0.05, 0.1) is 0 Å². The molecular weight excluding hydrogens is 329 g/mol. The van der Waals surface area contributed by atoms with E-state index in [1.165, 1.54) is 0 Å². The Labute approximate surface area is 116 Å². The summed E-state index contributed by atoms with van der Waals surface area (Å²) in [6.45, 7) is 7.40. The van der Waals surface area contributed by atoms with E-state index < -0.39 is 5.60 Å². The first-order chi connectivity index (χ1) is 7.79. The standard InChI is InChI=1S/C13H18INO2/c1-9(12(16)17-13(2,3)4)15-11-8-6-5-7-10(11)14/h5-9,15H,1-4H3. The van der Waals surface area contributed by atoms with Crippen LogP contribution in [0.4, 0.5) is 5.69 Å². The van der Waals surface area contributed by atoms with Crippen LogP contribution in [0.15, 0.2) is 24.3 Å². The zero-order valence-corrected chi connectivity index (χ0v) is 12.7. The van der Waals surface area contributed by atoms with Crippen molar-refractivity contribution in [2.45, 2.75) is 39.3 Å². The van der Waals surface area contributed by atoms with Gasteiger partial charge in [0.15, 0.2) is 0 Å². The molecule has 1 aromatic rings. The molecule has 94 valence electrons. The van der Waals surface area contributed by atoms with Crippen molar-refractivity contribution in [1.82, 2.24) is 0 Å². The first kappa shape index (κ1) is 14.3. The Hall–Kier alpha value is -0.780. The van der Waals surface area contributed by atoms with E-state index in [-0.39, 0.29) is 12.0 Å². The fraction of sp³-hybridized carbons (Fsp3) is 0.462. The fourth-order valence-corrected chi connectivity index (χ4v) is 1.80. The summed E-state index contributed by atoms with van der Waals surface area (Å²) in [5.41, 5.74) is 0.503. The predicted molar refractivity (Wildman–Crippen MR) is 78.1 cm³/mol. The zero-order valence-electron chi connectivity index (χ0n) is 10.6. The van der Waals surface area contributed by atoms with Crippen LogP contribution in [0.3, 0.4) is 0 Å². The van der Waals surface area contributed by atoms with Crippen LogP contribution in [0.1, 0.15) is 27.7 Å². The number of ether oxygens (including phenoxy) is 1. The molecule has 0 heterocycles. The molecule has 1 atom stereocenters. The molecule has 4 heteroatoms. The van der Waals surface area contributed by atoms with Gasteiger partial charge < -0.3 is 10.1 Å². The van der Waals surface area contributed by atoms with Gasteiger partial charge in [-0.3, -0.25) is 0 Å². The number of esters is 1. The minimum atomic E-state index is -0.448. The molecule has 1 N–H and O–H groups in total. The van der Waals surface area contributed by atoms with Gasteiger partial charge in [-0.15, -0.1) is 0 Å². The van der Waals surface area contributed by atoms with E-state index in [4.69, 9.17) is 4.74 Å². The Morgan fingerprint density at radius 2 is 1.94 bits per heavy atom. The molecule has 0 fully saturated rings. The van der Waals surface area contributed by atoms with Crippen LogP contribution in [-0.2, 0) is 9.53 Å². The summed E-state index contributed by atoms with van der Waals surface area (Å²) in [7, 11) is 0. The molecule has 0 aliphatic rings. The maximum Gasteiger partial charge on any atom is 0.328 e. The van der Waals surface area contributed by atoms with E-state index in [1.54, 1.807) is 6.92 Å². The molecule has 0 aliphatic carbocycles. The average molecular weight is 347 g/mol.